The number of rotatable bonds is 3. The molecule has 1 aliphatic heterocycles. The Balaban J connectivity index is 1.56. The molecule has 26 heavy (non-hydrogen) atoms. The second-order valence-electron chi connectivity index (χ2n) is 6.25. The van der Waals surface area contributed by atoms with Crippen LogP contribution in [-0.2, 0) is 11.2 Å². The molecular formula is C19H17N3O2S2. The highest BCUT2D eigenvalue weighted by molar-refractivity contribution is 7.14. The predicted molar refractivity (Wildman–Crippen MR) is 106 cm³/mol. The maximum Gasteiger partial charge on any atom is 0.267 e. The van der Waals surface area contributed by atoms with Crippen molar-refractivity contribution in [3.8, 4) is 11.3 Å². The summed E-state index contributed by atoms with van der Waals surface area (Å²) in [5, 5.41) is 7.23. The van der Waals surface area contributed by atoms with Crippen molar-refractivity contribution < 1.29 is 9.59 Å². The summed E-state index contributed by atoms with van der Waals surface area (Å²) in [6.07, 6.45) is 0.842. The third-order valence-corrected chi connectivity index (χ3v) is 6.03. The van der Waals surface area contributed by atoms with Crippen LogP contribution in [0.15, 0.2) is 41.1 Å². The standard InChI is InChI=1S/C19H17N3O2S2/c1-11-8-14-9-13(5-6-16(14)22(11)12(2)23)15-10-26-19(20-15)21-18(24)17-4-3-7-25-17/h3-7,9-11H,8H2,1-2H3,(H,20,21,24). The topological polar surface area (TPSA) is 62.3 Å². The highest BCUT2D eigenvalue weighted by Crippen LogP contribution is 2.36. The van der Waals surface area contributed by atoms with Crippen molar-refractivity contribution in [2.45, 2.75) is 26.3 Å². The minimum absolute atomic E-state index is 0.0660. The first-order valence-electron chi connectivity index (χ1n) is 8.26. The van der Waals surface area contributed by atoms with Crippen molar-refractivity contribution in [1.29, 1.82) is 0 Å². The molecule has 0 aliphatic carbocycles. The van der Waals surface area contributed by atoms with Crippen LogP contribution in [0.2, 0.25) is 0 Å². The maximum atomic E-state index is 12.1. The first-order chi connectivity index (χ1) is 12.5. The largest absolute Gasteiger partial charge is 0.309 e. The van der Waals surface area contributed by atoms with E-state index in [0.717, 1.165) is 28.9 Å². The van der Waals surface area contributed by atoms with E-state index in [9.17, 15) is 9.59 Å². The lowest BCUT2D eigenvalue weighted by atomic mass is 10.1. The third kappa shape index (κ3) is 3.04. The number of benzene rings is 1. The van der Waals surface area contributed by atoms with E-state index in [0.29, 0.717) is 10.0 Å². The maximum absolute atomic E-state index is 12.1. The van der Waals surface area contributed by atoms with Crippen molar-refractivity contribution in [2.75, 3.05) is 10.2 Å². The summed E-state index contributed by atoms with van der Waals surface area (Å²) in [5.74, 6) is -0.0722. The number of fused-ring (bicyclic) bond motifs is 1. The van der Waals surface area contributed by atoms with Gasteiger partial charge in [-0.25, -0.2) is 4.98 Å². The number of aromatic nitrogens is 1. The Bertz CT molecular complexity index is 979. The molecular weight excluding hydrogens is 366 g/mol. The van der Waals surface area contributed by atoms with E-state index in [1.807, 2.05) is 33.9 Å². The zero-order valence-electron chi connectivity index (χ0n) is 14.4. The van der Waals surface area contributed by atoms with E-state index in [4.69, 9.17) is 0 Å². The first-order valence-corrected chi connectivity index (χ1v) is 10.0. The molecule has 1 aliphatic rings. The van der Waals surface area contributed by atoms with Gasteiger partial charge in [-0.2, -0.15) is 0 Å². The van der Waals surface area contributed by atoms with Gasteiger partial charge in [0.2, 0.25) is 5.91 Å². The zero-order valence-corrected chi connectivity index (χ0v) is 16.0. The Hall–Kier alpha value is -2.51. The molecule has 4 rings (SSSR count). The highest BCUT2D eigenvalue weighted by Gasteiger charge is 2.29. The number of thiophene rings is 1. The second kappa shape index (κ2) is 6.66. The number of hydrogen-bond acceptors (Lipinski definition) is 5. The predicted octanol–water partition coefficient (Wildman–Crippen LogP) is 4.42. The lowest BCUT2D eigenvalue weighted by Crippen LogP contribution is -2.33. The van der Waals surface area contributed by atoms with Gasteiger partial charge in [-0.1, -0.05) is 12.1 Å². The van der Waals surface area contributed by atoms with Crippen LogP contribution in [-0.4, -0.2) is 22.8 Å². The quantitative estimate of drug-likeness (QED) is 0.728. The summed E-state index contributed by atoms with van der Waals surface area (Å²) in [6, 6.07) is 9.87. The van der Waals surface area contributed by atoms with E-state index in [2.05, 4.69) is 23.3 Å². The van der Waals surface area contributed by atoms with E-state index in [1.165, 1.54) is 22.7 Å². The summed E-state index contributed by atoms with van der Waals surface area (Å²) in [7, 11) is 0. The average molecular weight is 383 g/mol. The minimum atomic E-state index is -0.138. The number of nitrogens with one attached hydrogen (secondary N) is 1. The number of carbonyl (C=O) groups excluding carboxylic acids is 2. The van der Waals surface area contributed by atoms with Crippen LogP contribution in [0.25, 0.3) is 11.3 Å². The van der Waals surface area contributed by atoms with Crippen LogP contribution >= 0.6 is 22.7 Å². The van der Waals surface area contributed by atoms with Crippen molar-refractivity contribution in [3.63, 3.8) is 0 Å². The molecule has 1 N–H and O–H groups in total. The molecule has 2 amide bonds. The molecule has 0 radical (unpaired) electrons. The fraction of sp³-hybridized carbons (Fsp3) is 0.211. The van der Waals surface area contributed by atoms with Crippen LogP contribution in [0.1, 0.15) is 29.1 Å². The van der Waals surface area contributed by atoms with Crippen LogP contribution in [0.3, 0.4) is 0 Å². The second-order valence-corrected chi connectivity index (χ2v) is 8.06. The van der Waals surface area contributed by atoms with Crippen LogP contribution in [0, 0.1) is 0 Å². The first kappa shape index (κ1) is 16.9. The van der Waals surface area contributed by atoms with Crippen molar-refractivity contribution in [1.82, 2.24) is 4.98 Å². The van der Waals surface area contributed by atoms with E-state index < -0.39 is 0 Å². The number of carbonyl (C=O) groups is 2. The monoisotopic (exact) mass is 383 g/mol. The number of thiazole rings is 1. The molecule has 3 aromatic rings. The smallest absolute Gasteiger partial charge is 0.267 e. The fourth-order valence-electron chi connectivity index (χ4n) is 3.30. The Labute approximate surface area is 159 Å². The molecule has 0 spiro atoms. The van der Waals surface area contributed by atoms with Gasteiger partial charge in [0.25, 0.3) is 5.91 Å². The van der Waals surface area contributed by atoms with Gasteiger partial charge in [-0.05, 0) is 42.5 Å². The average Bonchev–Trinajstić information content (AvgIpc) is 3.32. The molecule has 1 unspecified atom stereocenters. The van der Waals surface area contributed by atoms with Gasteiger partial charge < -0.3 is 4.90 Å². The van der Waals surface area contributed by atoms with Gasteiger partial charge in [0, 0.05) is 29.6 Å². The van der Waals surface area contributed by atoms with Gasteiger partial charge in [0.15, 0.2) is 5.13 Å². The molecule has 0 bridgehead atoms. The van der Waals surface area contributed by atoms with Crippen LogP contribution in [0.5, 0.6) is 0 Å². The summed E-state index contributed by atoms with van der Waals surface area (Å²) < 4.78 is 0. The molecule has 1 aromatic carbocycles. The van der Waals surface area contributed by atoms with E-state index in [-0.39, 0.29) is 17.9 Å². The molecule has 132 valence electrons. The van der Waals surface area contributed by atoms with Gasteiger partial charge in [0.1, 0.15) is 0 Å². The Morgan fingerprint density at radius 2 is 2.12 bits per heavy atom. The molecule has 2 aromatic heterocycles. The van der Waals surface area contributed by atoms with Gasteiger partial charge in [0.05, 0.1) is 10.6 Å². The summed E-state index contributed by atoms with van der Waals surface area (Å²) in [4.78, 5) is 31.0. The van der Waals surface area contributed by atoms with Crippen LogP contribution < -0.4 is 10.2 Å². The number of nitrogens with zero attached hydrogens (tertiary/aromatic N) is 2. The van der Waals surface area contributed by atoms with Crippen molar-refractivity contribution in [2.24, 2.45) is 0 Å². The third-order valence-electron chi connectivity index (χ3n) is 4.40. The molecule has 0 saturated carbocycles. The van der Waals surface area contributed by atoms with Crippen LogP contribution in [0.4, 0.5) is 10.8 Å². The molecule has 3 heterocycles. The minimum Gasteiger partial charge on any atom is -0.309 e. The zero-order chi connectivity index (χ0) is 18.3. The molecule has 0 fully saturated rings. The fourth-order valence-corrected chi connectivity index (χ4v) is 4.63. The number of amides is 2. The normalized spacial score (nSPS) is 15.8. The highest BCUT2D eigenvalue weighted by atomic mass is 32.1. The summed E-state index contributed by atoms with van der Waals surface area (Å²) >= 11 is 2.81. The van der Waals surface area contributed by atoms with E-state index >= 15 is 0 Å². The van der Waals surface area contributed by atoms with Crippen molar-refractivity contribution in [3.05, 3.63) is 51.5 Å². The Morgan fingerprint density at radius 3 is 2.85 bits per heavy atom. The summed E-state index contributed by atoms with van der Waals surface area (Å²) in [5.41, 5.74) is 3.96. The molecule has 1 atom stereocenters. The van der Waals surface area contributed by atoms with Gasteiger partial charge in [-0.15, -0.1) is 22.7 Å². The van der Waals surface area contributed by atoms with Gasteiger partial charge >= 0.3 is 0 Å². The Kier molecular flexibility index (Phi) is 4.34. The summed E-state index contributed by atoms with van der Waals surface area (Å²) in [6.45, 7) is 3.66. The molecule has 0 saturated heterocycles. The number of hydrogen-bond donors (Lipinski definition) is 1. The van der Waals surface area contributed by atoms with Gasteiger partial charge in [-0.3, -0.25) is 14.9 Å². The van der Waals surface area contributed by atoms with Crippen molar-refractivity contribution >= 4 is 45.3 Å². The molecule has 5 nitrogen and oxygen atoms in total. The molecule has 7 heteroatoms. The SMILES string of the molecule is CC(=O)N1c2ccc(-c3csc(NC(=O)c4cccs4)n3)cc2CC1C. The number of anilines is 2. The lowest BCUT2D eigenvalue weighted by molar-refractivity contribution is -0.116. The van der Waals surface area contributed by atoms with E-state index in [1.54, 1.807) is 13.0 Å². The Morgan fingerprint density at radius 1 is 1.27 bits per heavy atom. The lowest BCUT2D eigenvalue weighted by Gasteiger charge is -2.20.